The molecule has 0 atom stereocenters. The first kappa shape index (κ1) is 12.2. The van der Waals surface area contributed by atoms with Gasteiger partial charge in [-0.25, -0.2) is 4.39 Å². The van der Waals surface area contributed by atoms with Gasteiger partial charge >= 0.3 is 0 Å². The fraction of sp³-hybridized carbons (Fsp3) is 0.143. The number of phenolic OH excluding ortho intramolecular Hbond substituents is 1. The summed E-state index contributed by atoms with van der Waals surface area (Å²) in [5.74, 6) is 0.167. The summed E-state index contributed by atoms with van der Waals surface area (Å²) < 4.78 is 12.1. The lowest BCUT2D eigenvalue weighted by Gasteiger charge is -1.89. The van der Waals surface area contributed by atoms with Gasteiger partial charge in [0.15, 0.2) is 0 Å². The van der Waals surface area contributed by atoms with Crippen LogP contribution in [0.1, 0.15) is 11.1 Å². The number of hydrogen-bond donors (Lipinski definition) is 1. The highest BCUT2D eigenvalue weighted by atomic mass is 19.1. The Bertz CT molecular complexity index is 396. The van der Waals surface area contributed by atoms with Crippen LogP contribution in [0.2, 0.25) is 0 Å². The molecule has 2 aromatic carbocycles. The molecule has 2 aromatic rings. The Morgan fingerprint density at radius 1 is 0.875 bits per heavy atom. The third kappa shape index (κ3) is 4.60. The van der Waals surface area contributed by atoms with Gasteiger partial charge in [-0.15, -0.1) is 0 Å². The fourth-order valence-corrected chi connectivity index (χ4v) is 1.16. The van der Waals surface area contributed by atoms with Crippen molar-refractivity contribution in [3.05, 3.63) is 65.5 Å². The van der Waals surface area contributed by atoms with Crippen molar-refractivity contribution in [3.63, 3.8) is 0 Å². The van der Waals surface area contributed by atoms with E-state index in [1.54, 1.807) is 24.3 Å². The Labute approximate surface area is 95.2 Å². The lowest BCUT2D eigenvalue weighted by atomic mass is 10.2. The molecule has 0 aliphatic heterocycles. The Kier molecular flexibility index (Phi) is 4.52. The molecule has 0 radical (unpaired) electrons. The lowest BCUT2D eigenvalue weighted by molar-refractivity contribution is 0.475. The molecule has 84 valence electrons. The van der Waals surface area contributed by atoms with Gasteiger partial charge in [0.1, 0.15) is 11.6 Å². The highest BCUT2D eigenvalue weighted by Gasteiger charge is 1.84. The van der Waals surface area contributed by atoms with E-state index in [9.17, 15) is 4.39 Å². The molecule has 0 unspecified atom stereocenters. The topological polar surface area (TPSA) is 20.2 Å². The zero-order valence-corrected chi connectivity index (χ0v) is 9.44. The van der Waals surface area contributed by atoms with Crippen molar-refractivity contribution in [2.75, 3.05) is 0 Å². The van der Waals surface area contributed by atoms with Gasteiger partial charge in [0.05, 0.1) is 0 Å². The van der Waals surface area contributed by atoms with Crippen LogP contribution in [-0.4, -0.2) is 5.11 Å². The van der Waals surface area contributed by atoms with E-state index >= 15 is 0 Å². The highest BCUT2D eigenvalue weighted by Crippen LogP contribution is 2.08. The average Bonchev–Trinajstić information content (AvgIpc) is 2.23. The molecule has 0 aliphatic carbocycles. The smallest absolute Gasteiger partial charge is 0.123 e. The maximum Gasteiger partial charge on any atom is 0.123 e. The van der Waals surface area contributed by atoms with Crippen LogP contribution in [0.4, 0.5) is 4.39 Å². The number of aromatic hydroxyl groups is 1. The van der Waals surface area contributed by atoms with E-state index in [0.717, 1.165) is 11.1 Å². The van der Waals surface area contributed by atoms with Crippen LogP contribution < -0.4 is 0 Å². The van der Waals surface area contributed by atoms with Gasteiger partial charge in [0, 0.05) is 0 Å². The van der Waals surface area contributed by atoms with E-state index in [0.29, 0.717) is 5.75 Å². The molecule has 2 heteroatoms. The van der Waals surface area contributed by atoms with Crippen molar-refractivity contribution in [1.82, 2.24) is 0 Å². The zero-order chi connectivity index (χ0) is 12.0. The van der Waals surface area contributed by atoms with Gasteiger partial charge < -0.3 is 5.11 Å². The predicted octanol–water partition coefficient (Wildman–Crippen LogP) is 3.83. The van der Waals surface area contributed by atoms with Crippen LogP contribution in [-0.2, 0) is 0 Å². The van der Waals surface area contributed by atoms with E-state index in [1.807, 2.05) is 26.0 Å². The van der Waals surface area contributed by atoms with Crippen molar-refractivity contribution in [3.8, 4) is 5.75 Å². The Hall–Kier alpha value is -1.83. The van der Waals surface area contributed by atoms with Gasteiger partial charge in [-0.3, -0.25) is 0 Å². The van der Waals surface area contributed by atoms with E-state index in [-0.39, 0.29) is 5.82 Å². The molecule has 1 nitrogen and oxygen atoms in total. The molecule has 2 rings (SSSR count). The molecule has 0 amide bonds. The summed E-state index contributed by atoms with van der Waals surface area (Å²) >= 11 is 0. The van der Waals surface area contributed by atoms with E-state index < -0.39 is 0 Å². The normalized spacial score (nSPS) is 9.19. The first-order valence-corrected chi connectivity index (χ1v) is 5.06. The second-order valence-corrected chi connectivity index (χ2v) is 3.63. The Morgan fingerprint density at radius 3 is 1.88 bits per heavy atom. The summed E-state index contributed by atoms with van der Waals surface area (Å²) in [6.45, 7) is 3.87. The maximum absolute atomic E-state index is 12.1. The standard InChI is InChI=1S/C7H7F.C7H8O/c1-6-2-4-7(8)5-3-6;1-6-3-2-4-7(8)5-6/h2-5H,1H3;2-5,8H,1H3. The summed E-state index contributed by atoms with van der Waals surface area (Å²) in [4.78, 5) is 0. The van der Waals surface area contributed by atoms with Crippen LogP contribution >= 0.6 is 0 Å². The number of rotatable bonds is 0. The van der Waals surface area contributed by atoms with E-state index in [4.69, 9.17) is 5.11 Å². The number of halogens is 1. The molecule has 0 bridgehead atoms. The highest BCUT2D eigenvalue weighted by molar-refractivity contribution is 5.25. The van der Waals surface area contributed by atoms with Crippen LogP contribution in [0.15, 0.2) is 48.5 Å². The molecule has 0 aliphatic rings. The molecular formula is C14H15FO. The van der Waals surface area contributed by atoms with Crippen molar-refractivity contribution in [2.45, 2.75) is 13.8 Å². The average molecular weight is 218 g/mol. The van der Waals surface area contributed by atoms with Gasteiger partial charge in [-0.05, 0) is 43.7 Å². The molecule has 0 spiro atoms. The van der Waals surface area contributed by atoms with Crippen LogP contribution in [0, 0.1) is 19.7 Å². The van der Waals surface area contributed by atoms with Gasteiger partial charge in [-0.2, -0.15) is 0 Å². The molecular weight excluding hydrogens is 203 g/mol. The molecule has 1 N–H and O–H groups in total. The minimum Gasteiger partial charge on any atom is -0.508 e. The lowest BCUT2D eigenvalue weighted by Crippen LogP contribution is -1.71. The first-order chi connectivity index (χ1) is 7.58. The van der Waals surface area contributed by atoms with Crippen molar-refractivity contribution < 1.29 is 9.50 Å². The summed E-state index contributed by atoms with van der Waals surface area (Å²) in [7, 11) is 0. The maximum atomic E-state index is 12.1. The van der Waals surface area contributed by atoms with Crippen molar-refractivity contribution >= 4 is 0 Å². The monoisotopic (exact) mass is 218 g/mol. The molecule has 0 saturated carbocycles. The second kappa shape index (κ2) is 5.91. The van der Waals surface area contributed by atoms with Gasteiger partial charge in [0.25, 0.3) is 0 Å². The second-order valence-electron chi connectivity index (χ2n) is 3.63. The fourth-order valence-electron chi connectivity index (χ4n) is 1.16. The summed E-state index contributed by atoms with van der Waals surface area (Å²) in [5, 5.41) is 8.81. The predicted molar refractivity (Wildman–Crippen MR) is 64.0 cm³/mol. The Morgan fingerprint density at radius 2 is 1.50 bits per heavy atom. The molecule has 0 heterocycles. The summed E-state index contributed by atoms with van der Waals surface area (Å²) in [6, 6.07) is 13.5. The molecule has 0 fully saturated rings. The number of aryl methyl sites for hydroxylation is 2. The van der Waals surface area contributed by atoms with Gasteiger partial charge in [0.2, 0.25) is 0 Å². The number of benzene rings is 2. The quantitative estimate of drug-likeness (QED) is 0.712. The first-order valence-electron chi connectivity index (χ1n) is 5.06. The van der Waals surface area contributed by atoms with Crippen LogP contribution in [0.3, 0.4) is 0 Å². The number of phenols is 1. The van der Waals surface area contributed by atoms with Crippen molar-refractivity contribution in [2.24, 2.45) is 0 Å². The number of hydrogen-bond acceptors (Lipinski definition) is 1. The van der Waals surface area contributed by atoms with Crippen molar-refractivity contribution in [1.29, 1.82) is 0 Å². The third-order valence-electron chi connectivity index (χ3n) is 2.01. The minimum atomic E-state index is -0.171. The summed E-state index contributed by atoms with van der Waals surface area (Å²) in [5.41, 5.74) is 2.18. The largest absolute Gasteiger partial charge is 0.508 e. The Balaban J connectivity index is 0.000000160. The van der Waals surface area contributed by atoms with Crippen LogP contribution in [0.25, 0.3) is 0 Å². The van der Waals surface area contributed by atoms with Crippen LogP contribution in [0.5, 0.6) is 5.75 Å². The van der Waals surface area contributed by atoms with Gasteiger partial charge in [-0.1, -0.05) is 29.8 Å². The van der Waals surface area contributed by atoms with E-state index in [2.05, 4.69) is 0 Å². The SMILES string of the molecule is Cc1ccc(F)cc1.Cc1cccc(O)c1. The van der Waals surface area contributed by atoms with E-state index in [1.165, 1.54) is 12.1 Å². The third-order valence-corrected chi connectivity index (χ3v) is 2.01. The molecule has 0 saturated heterocycles. The molecule has 0 aromatic heterocycles. The zero-order valence-electron chi connectivity index (χ0n) is 9.44. The molecule has 16 heavy (non-hydrogen) atoms. The summed E-state index contributed by atoms with van der Waals surface area (Å²) in [6.07, 6.45) is 0. The minimum absolute atomic E-state index is 0.171.